The van der Waals surface area contributed by atoms with Crippen LogP contribution in [0.5, 0.6) is 10.9 Å². The fraction of sp³-hybridized carbons (Fsp3) is 0.360. The number of carbonyl (C=O) groups excluding carboxylic acids is 1. The Morgan fingerprint density at radius 1 is 1.22 bits per heavy atom. The van der Waals surface area contributed by atoms with Gasteiger partial charge < -0.3 is 19.4 Å². The molecule has 4 aromatic rings. The van der Waals surface area contributed by atoms with Crippen molar-refractivity contribution in [3.05, 3.63) is 54.2 Å². The van der Waals surface area contributed by atoms with Crippen molar-refractivity contribution in [1.82, 2.24) is 14.9 Å². The summed E-state index contributed by atoms with van der Waals surface area (Å²) in [5.74, 6) is 0.818. The molecule has 1 N–H and O–H groups in total. The number of thiazole rings is 1. The summed E-state index contributed by atoms with van der Waals surface area (Å²) in [6.07, 6.45) is 4.81. The van der Waals surface area contributed by atoms with Crippen LogP contribution in [0.4, 0.5) is 0 Å². The zero-order chi connectivity index (χ0) is 21.9. The average Bonchev–Trinajstić information content (AvgIpc) is 3.41. The van der Waals surface area contributed by atoms with E-state index in [4.69, 9.17) is 9.47 Å². The van der Waals surface area contributed by atoms with Crippen molar-refractivity contribution in [2.45, 2.75) is 26.2 Å². The summed E-state index contributed by atoms with van der Waals surface area (Å²) in [6, 6.07) is 14.2. The summed E-state index contributed by atoms with van der Waals surface area (Å²) >= 11 is 1.56. The lowest BCUT2D eigenvalue weighted by Crippen LogP contribution is -2.38. The predicted molar refractivity (Wildman–Crippen MR) is 127 cm³/mol. The number of hydrogen-bond donors (Lipinski definition) is 1. The second kappa shape index (κ2) is 9.30. The monoisotopic (exact) mass is 449 g/mol. The standard InChI is InChI=1S/C25H27N3O3S/c1-2-30-24(29)17-9-12-28(13-10-17)14-11-18-16-26-21-8-7-19(15-20(18)21)31-25-27-22-5-3-4-6-23(22)32-25/h3-8,15-17,26H,2,9-14H2,1H3. The summed E-state index contributed by atoms with van der Waals surface area (Å²) in [6.45, 7) is 5.19. The van der Waals surface area contributed by atoms with Crippen molar-refractivity contribution in [3.8, 4) is 10.9 Å². The van der Waals surface area contributed by atoms with Gasteiger partial charge in [0.2, 0.25) is 0 Å². The molecule has 166 valence electrons. The van der Waals surface area contributed by atoms with Gasteiger partial charge in [0.05, 0.1) is 22.7 Å². The first-order chi connectivity index (χ1) is 15.7. The number of likely N-dealkylation sites (tertiary alicyclic amines) is 1. The van der Waals surface area contributed by atoms with Gasteiger partial charge >= 0.3 is 5.97 Å². The van der Waals surface area contributed by atoms with Gasteiger partial charge in [0.25, 0.3) is 5.19 Å². The summed E-state index contributed by atoms with van der Waals surface area (Å²) < 4.78 is 12.4. The lowest BCUT2D eigenvalue weighted by atomic mass is 9.96. The van der Waals surface area contributed by atoms with E-state index in [0.29, 0.717) is 11.8 Å². The molecule has 1 aliphatic rings. The Balaban J connectivity index is 1.23. The van der Waals surface area contributed by atoms with Crippen LogP contribution in [-0.2, 0) is 16.0 Å². The fourth-order valence-electron chi connectivity index (χ4n) is 4.35. The van der Waals surface area contributed by atoms with E-state index in [0.717, 1.165) is 60.4 Å². The Bertz CT molecular complexity index is 1190. The van der Waals surface area contributed by atoms with Crippen LogP contribution in [0.1, 0.15) is 25.3 Å². The fourth-order valence-corrected chi connectivity index (χ4v) is 5.19. The van der Waals surface area contributed by atoms with Crippen molar-refractivity contribution >= 4 is 38.4 Å². The summed E-state index contributed by atoms with van der Waals surface area (Å²) in [4.78, 5) is 22.3. The molecule has 7 heteroatoms. The zero-order valence-electron chi connectivity index (χ0n) is 18.2. The highest BCUT2D eigenvalue weighted by Gasteiger charge is 2.25. The molecule has 2 aromatic heterocycles. The van der Waals surface area contributed by atoms with Crippen molar-refractivity contribution in [2.24, 2.45) is 5.92 Å². The third kappa shape index (κ3) is 4.49. The number of fused-ring (bicyclic) bond motifs is 2. The third-order valence-corrected chi connectivity index (χ3v) is 7.04. The molecule has 0 amide bonds. The van der Waals surface area contributed by atoms with Gasteiger partial charge in [0, 0.05) is 23.6 Å². The molecule has 6 nitrogen and oxygen atoms in total. The molecule has 0 radical (unpaired) electrons. The van der Waals surface area contributed by atoms with Crippen molar-refractivity contribution in [2.75, 3.05) is 26.2 Å². The van der Waals surface area contributed by atoms with Gasteiger partial charge in [0.15, 0.2) is 0 Å². The number of piperidine rings is 1. The SMILES string of the molecule is CCOC(=O)C1CCN(CCc2c[nH]c3ccc(Oc4nc5ccccc5s4)cc23)CC1. The molecule has 2 aromatic carbocycles. The first-order valence-electron chi connectivity index (χ1n) is 11.2. The summed E-state index contributed by atoms with van der Waals surface area (Å²) in [7, 11) is 0. The molecular weight excluding hydrogens is 422 g/mol. The number of hydrogen-bond acceptors (Lipinski definition) is 6. The van der Waals surface area contributed by atoms with Crippen LogP contribution in [0, 0.1) is 5.92 Å². The van der Waals surface area contributed by atoms with Gasteiger partial charge in [0.1, 0.15) is 5.75 Å². The Kier molecular flexibility index (Phi) is 6.10. The Morgan fingerprint density at radius 3 is 2.88 bits per heavy atom. The van der Waals surface area contributed by atoms with Gasteiger partial charge in [-0.2, -0.15) is 0 Å². The average molecular weight is 450 g/mol. The highest BCUT2D eigenvalue weighted by molar-refractivity contribution is 7.20. The van der Waals surface area contributed by atoms with E-state index in [1.165, 1.54) is 10.9 Å². The van der Waals surface area contributed by atoms with Gasteiger partial charge in [-0.3, -0.25) is 4.79 Å². The molecule has 5 rings (SSSR count). The van der Waals surface area contributed by atoms with Gasteiger partial charge in [-0.15, -0.1) is 0 Å². The number of aromatic amines is 1. The molecule has 0 bridgehead atoms. The minimum Gasteiger partial charge on any atom is -0.466 e. The van der Waals surface area contributed by atoms with Crippen molar-refractivity contribution in [3.63, 3.8) is 0 Å². The lowest BCUT2D eigenvalue weighted by Gasteiger charge is -2.30. The maximum atomic E-state index is 11.9. The number of nitrogens with one attached hydrogen (secondary N) is 1. The number of nitrogens with zero attached hydrogens (tertiary/aromatic N) is 2. The van der Waals surface area contributed by atoms with Gasteiger partial charge in [-0.05, 0) is 75.2 Å². The molecule has 1 saturated heterocycles. The number of ether oxygens (including phenoxy) is 2. The zero-order valence-corrected chi connectivity index (χ0v) is 19.0. The molecule has 0 saturated carbocycles. The second-order valence-electron chi connectivity index (χ2n) is 8.19. The van der Waals surface area contributed by atoms with Crippen LogP contribution in [0.15, 0.2) is 48.7 Å². The van der Waals surface area contributed by atoms with Crippen molar-refractivity contribution < 1.29 is 14.3 Å². The normalized spacial score (nSPS) is 15.4. The molecule has 3 heterocycles. The number of H-pyrrole nitrogens is 1. The maximum absolute atomic E-state index is 11.9. The minimum absolute atomic E-state index is 0.0376. The van der Waals surface area contributed by atoms with E-state index in [9.17, 15) is 4.79 Å². The summed E-state index contributed by atoms with van der Waals surface area (Å²) in [5.41, 5.74) is 3.35. The molecule has 0 spiro atoms. The second-order valence-corrected chi connectivity index (χ2v) is 9.18. The smallest absolute Gasteiger partial charge is 0.309 e. The number of aromatic nitrogens is 2. The number of esters is 1. The van der Waals surface area contributed by atoms with Crippen LogP contribution in [0.2, 0.25) is 0 Å². The van der Waals surface area contributed by atoms with Gasteiger partial charge in [-0.25, -0.2) is 4.98 Å². The first kappa shape index (κ1) is 21.0. The van der Waals surface area contributed by atoms with Crippen LogP contribution >= 0.6 is 11.3 Å². The molecule has 1 fully saturated rings. The van der Waals surface area contributed by atoms with E-state index in [-0.39, 0.29) is 11.9 Å². The summed E-state index contributed by atoms with van der Waals surface area (Å²) in [5, 5.41) is 1.84. The van der Waals surface area contributed by atoms with E-state index >= 15 is 0 Å². The van der Waals surface area contributed by atoms with Crippen LogP contribution in [0.3, 0.4) is 0 Å². The van der Waals surface area contributed by atoms with Gasteiger partial charge in [-0.1, -0.05) is 23.5 Å². The molecule has 0 unspecified atom stereocenters. The third-order valence-electron chi connectivity index (χ3n) is 6.12. The largest absolute Gasteiger partial charge is 0.466 e. The minimum atomic E-state index is -0.0376. The molecule has 1 aliphatic heterocycles. The lowest BCUT2D eigenvalue weighted by molar-refractivity contribution is -0.149. The topological polar surface area (TPSA) is 67.5 Å². The molecular formula is C25H27N3O3S. The Labute approximate surface area is 191 Å². The van der Waals surface area contributed by atoms with Crippen LogP contribution in [0.25, 0.3) is 21.1 Å². The number of benzene rings is 2. The van der Waals surface area contributed by atoms with E-state index in [1.807, 2.05) is 31.2 Å². The van der Waals surface area contributed by atoms with E-state index in [2.05, 4.69) is 39.3 Å². The van der Waals surface area contributed by atoms with Crippen LogP contribution < -0.4 is 4.74 Å². The number of carbonyl (C=O) groups is 1. The van der Waals surface area contributed by atoms with Crippen LogP contribution in [-0.4, -0.2) is 47.1 Å². The Morgan fingerprint density at radius 2 is 2.06 bits per heavy atom. The predicted octanol–water partition coefficient (Wildman–Crippen LogP) is 5.39. The molecule has 0 aliphatic carbocycles. The molecule has 32 heavy (non-hydrogen) atoms. The van der Waals surface area contributed by atoms with E-state index < -0.39 is 0 Å². The number of para-hydroxylation sites is 1. The number of rotatable bonds is 7. The highest BCUT2D eigenvalue weighted by Crippen LogP contribution is 2.33. The Hall–Kier alpha value is -2.90. The van der Waals surface area contributed by atoms with Crippen molar-refractivity contribution in [1.29, 1.82) is 0 Å². The van der Waals surface area contributed by atoms with E-state index in [1.54, 1.807) is 11.3 Å². The molecule has 0 atom stereocenters. The first-order valence-corrected chi connectivity index (χ1v) is 12.0. The quantitative estimate of drug-likeness (QED) is 0.383. The maximum Gasteiger partial charge on any atom is 0.309 e. The highest BCUT2D eigenvalue weighted by atomic mass is 32.1.